The number of hydrogen-bond acceptors (Lipinski definition) is 2. The minimum absolute atomic E-state index is 0.476. The van der Waals surface area contributed by atoms with E-state index in [1.54, 1.807) is 6.21 Å². The van der Waals surface area contributed by atoms with Gasteiger partial charge in [0.15, 0.2) is 0 Å². The van der Waals surface area contributed by atoms with E-state index in [4.69, 9.17) is 35.4 Å². The Morgan fingerprint density at radius 1 is 1.05 bits per heavy atom. The van der Waals surface area contributed by atoms with Crippen LogP contribution in [0.1, 0.15) is 5.56 Å². The molecule has 0 amide bonds. The van der Waals surface area contributed by atoms with Crippen molar-refractivity contribution in [1.29, 1.82) is 0 Å². The third-order valence-corrected chi connectivity index (χ3v) is 3.94. The smallest absolute Gasteiger partial charge is 0.101 e. The molecule has 100 valence electrons. The van der Waals surface area contributed by atoms with Crippen LogP contribution in [0, 0.1) is 0 Å². The molecule has 3 rings (SSSR count). The van der Waals surface area contributed by atoms with E-state index in [0.29, 0.717) is 21.6 Å². The van der Waals surface area contributed by atoms with Gasteiger partial charge < -0.3 is 5.32 Å². The first-order valence-corrected chi connectivity index (χ1v) is 7.20. The van der Waals surface area contributed by atoms with E-state index in [1.165, 1.54) is 0 Å². The quantitative estimate of drug-likeness (QED) is 0.761. The minimum Gasteiger partial charge on any atom is -0.348 e. The van der Waals surface area contributed by atoms with Crippen LogP contribution in [0.3, 0.4) is 0 Å². The summed E-state index contributed by atoms with van der Waals surface area (Å²) in [5.74, 6) is 0. The molecule has 1 aliphatic rings. The molecule has 0 unspecified atom stereocenters. The number of anilines is 1. The van der Waals surface area contributed by atoms with E-state index in [9.17, 15) is 0 Å². The lowest BCUT2D eigenvalue weighted by atomic mass is 9.98. The SMILES string of the molecule is S=C1CN=Cc2c(ccc(Cl)c2-c2ccccc2Cl)N1. The zero-order valence-corrected chi connectivity index (χ0v) is 12.7. The Kier molecular flexibility index (Phi) is 3.74. The Morgan fingerprint density at radius 2 is 1.85 bits per heavy atom. The number of halogens is 2. The summed E-state index contributed by atoms with van der Waals surface area (Å²) >= 11 is 17.9. The fourth-order valence-corrected chi connectivity index (χ4v) is 2.86. The third kappa shape index (κ3) is 2.44. The molecule has 0 radical (unpaired) electrons. The average molecular weight is 321 g/mol. The standard InChI is InChI=1S/C15H10Cl2N2S/c16-11-4-2-1-3-9(11)15-10-7-18-8-14(20)19-13(10)6-5-12(15)17/h1-7H,8H2,(H,19,20). The van der Waals surface area contributed by atoms with Crippen molar-refractivity contribution in [3.63, 3.8) is 0 Å². The lowest BCUT2D eigenvalue weighted by Crippen LogP contribution is -2.11. The van der Waals surface area contributed by atoms with Crippen LogP contribution in [-0.4, -0.2) is 17.7 Å². The van der Waals surface area contributed by atoms with Crippen molar-refractivity contribution in [3.8, 4) is 11.1 Å². The summed E-state index contributed by atoms with van der Waals surface area (Å²) in [5, 5.41) is 4.48. The molecule has 0 fully saturated rings. The highest BCUT2D eigenvalue weighted by molar-refractivity contribution is 7.80. The number of benzodiazepines with no additional fused rings is 1. The van der Waals surface area contributed by atoms with Crippen LogP contribution in [0.4, 0.5) is 5.69 Å². The lowest BCUT2D eigenvalue weighted by molar-refractivity contribution is 1.34. The zero-order valence-electron chi connectivity index (χ0n) is 10.4. The summed E-state index contributed by atoms with van der Waals surface area (Å²) in [6.45, 7) is 0.476. The molecule has 0 aromatic heterocycles. The lowest BCUT2D eigenvalue weighted by Gasteiger charge is -2.14. The highest BCUT2D eigenvalue weighted by atomic mass is 35.5. The Balaban J connectivity index is 2.29. The molecule has 0 saturated carbocycles. The molecule has 0 aliphatic carbocycles. The van der Waals surface area contributed by atoms with Gasteiger partial charge in [-0.3, -0.25) is 4.99 Å². The molecule has 2 aromatic rings. The summed E-state index contributed by atoms with van der Waals surface area (Å²) in [5.41, 5.74) is 3.56. The molecule has 2 nitrogen and oxygen atoms in total. The predicted molar refractivity (Wildman–Crippen MR) is 90.6 cm³/mol. The number of nitrogens with one attached hydrogen (secondary N) is 1. The largest absolute Gasteiger partial charge is 0.348 e. The van der Waals surface area contributed by atoms with Gasteiger partial charge in [0.05, 0.1) is 6.54 Å². The maximum absolute atomic E-state index is 6.38. The maximum Gasteiger partial charge on any atom is 0.101 e. The number of fused-ring (bicyclic) bond motifs is 1. The van der Waals surface area contributed by atoms with Gasteiger partial charge in [-0.25, -0.2) is 0 Å². The first-order chi connectivity index (χ1) is 9.66. The monoisotopic (exact) mass is 320 g/mol. The molecule has 0 bridgehead atoms. The van der Waals surface area contributed by atoms with Crippen LogP contribution in [0.15, 0.2) is 41.4 Å². The van der Waals surface area contributed by atoms with Crippen LogP contribution in [0.25, 0.3) is 11.1 Å². The van der Waals surface area contributed by atoms with E-state index >= 15 is 0 Å². The van der Waals surface area contributed by atoms with E-state index in [2.05, 4.69) is 10.3 Å². The normalized spacial score (nSPS) is 13.6. The van der Waals surface area contributed by atoms with Crippen LogP contribution < -0.4 is 5.32 Å². The summed E-state index contributed by atoms with van der Waals surface area (Å²) in [6.07, 6.45) is 1.80. The van der Waals surface area contributed by atoms with Crippen molar-refractivity contribution in [2.45, 2.75) is 0 Å². The number of thiocarbonyl (C=S) groups is 1. The average Bonchev–Trinajstić information content (AvgIpc) is 2.61. The number of rotatable bonds is 1. The van der Waals surface area contributed by atoms with Crippen molar-refractivity contribution < 1.29 is 0 Å². The van der Waals surface area contributed by atoms with E-state index in [1.807, 2.05) is 36.4 Å². The van der Waals surface area contributed by atoms with Crippen molar-refractivity contribution in [3.05, 3.63) is 52.0 Å². The molecular formula is C15H10Cl2N2S. The van der Waals surface area contributed by atoms with Gasteiger partial charge >= 0.3 is 0 Å². The molecule has 2 aromatic carbocycles. The molecule has 1 N–H and O–H groups in total. The Morgan fingerprint density at radius 3 is 2.65 bits per heavy atom. The highest BCUT2D eigenvalue weighted by Gasteiger charge is 2.17. The first kappa shape index (κ1) is 13.6. The second-order valence-electron chi connectivity index (χ2n) is 4.38. The summed E-state index contributed by atoms with van der Waals surface area (Å²) in [6, 6.07) is 11.4. The summed E-state index contributed by atoms with van der Waals surface area (Å²) in [4.78, 5) is 5.01. The van der Waals surface area contributed by atoms with Gasteiger partial charge in [-0.1, -0.05) is 53.6 Å². The van der Waals surface area contributed by atoms with Crippen molar-refractivity contribution in [2.75, 3.05) is 11.9 Å². The number of nitrogens with zero attached hydrogens (tertiary/aromatic N) is 1. The van der Waals surface area contributed by atoms with Crippen LogP contribution >= 0.6 is 35.4 Å². The zero-order chi connectivity index (χ0) is 14.1. The van der Waals surface area contributed by atoms with Crippen molar-refractivity contribution in [2.24, 2.45) is 4.99 Å². The van der Waals surface area contributed by atoms with Gasteiger partial charge in [0.25, 0.3) is 0 Å². The third-order valence-electron chi connectivity index (χ3n) is 3.07. The molecule has 20 heavy (non-hydrogen) atoms. The first-order valence-electron chi connectivity index (χ1n) is 6.04. The number of aliphatic imine (C=N–C) groups is 1. The van der Waals surface area contributed by atoms with E-state index in [0.717, 1.165) is 22.4 Å². The minimum atomic E-state index is 0.476. The fourth-order valence-electron chi connectivity index (χ4n) is 2.18. The molecule has 0 spiro atoms. The molecule has 0 saturated heterocycles. The summed E-state index contributed by atoms with van der Waals surface area (Å²) < 4.78 is 0. The van der Waals surface area contributed by atoms with Crippen LogP contribution in [0.5, 0.6) is 0 Å². The molecular weight excluding hydrogens is 311 g/mol. The maximum atomic E-state index is 6.38. The van der Waals surface area contributed by atoms with Crippen molar-refractivity contribution in [1.82, 2.24) is 0 Å². The van der Waals surface area contributed by atoms with Crippen molar-refractivity contribution >= 4 is 52.3 Å². The second-order valence-corrected chi connectivity index (χ2v) is 5.69. The Bertz CT molecular complexity index is 726. The summed E-state index contributed by atoms with van der Waals surface area (Å²) in [7, 11) is 0. The Hall–Kier alpha value is -1.42. The second kappa shape index (κ2) is 5.52. The topological polar surface area (TPSA) is 24.4 Å². The van der Waals surface area contributed by atoms with Gasteiger partial charge in [-0.2, -0.15) is 0 Å². The van der Waals surface area contributed by atoms with Gasteiger partial charge in [0, 0.05) is 38.6 Å². The molecule has 0 atom stereocenters. The van der Waals surface area contributed by atoms with Gasteiger partial charge in [0.2, 0.25) is 0 Å². The van der Waals surface area contributed by atoms with Gasteiger partial charge in [-0.15, -0.1) is 0 Å². The number of benzene rings is 2. The van der Waals surface area contributed by atoms with E-state index in [-0.39, 0.29) is 0 Å². The van der Waals surface area contributed by atoms with Crippen LogP contribution in [-0.2, 0) is 0 Å². The van der Waals surface area contributed by atoms with Gasteiger partial charge in [-0.05, 0) is 18.2 Å². The van der Waals surface area contributed by atoms with E-state index < -0.39 is 0 Å². The molecule has 1 aliphatic heterocycles. The number of hydrogen-bond donors (Lipinski definition) is 1. The fraction of sp³-hybridized carbons (Fsp3) is 0.0667. The molecule has 1 heterocycles. The highest BCUT2D eigenvalue weighted by Crippen LogP contribution is 2.38. The Labute approximate surface area is 132 Å². The van der Waals surface area contributed by atoms with Crippen LogP contribution in [0.2, 0.25) is 10.0 Å². The van der Waals surface area contributed by atoms with Gasteiger partial charge in [0.1, 0.15) is 4.99 Å². The predicted octanol–water partition coefficient (Wildman–Crippen LogP) is 4.83. The molecule has 5 heteroatoms.